The lowest BCUT2D eigenvalue weighted by atomic mass is 9.95. The first-order valence-electron chi connectivity index (χ1n) is 6.59. The van der Waals surface area contributed by atoms with Gasteiger partial charge in [0.2, 0.25) is 5.91 Å². The van der Waals surface area contributed by atoms with Gasteiger partial charge in [0, 0.05) is 5.54 Å². The number of rotatable bonds is 6. The summed E-state index contributed by atoms with van der Waals surface area (Å²) in [5, 5.41) is 2.91. The van der Waals surface area contributed by atoms with Crippen LogP contribution in [0.25, 0.3) is 0 Å². The minimum atomic E-state index is -0.309. The van der Waals surface area contributed by atoms with Gasteiger partial charge in [0.15, 0.2) is 0 Å². The van der Waals surface area contributed by atoms with Gasteiger partial charge in [-0.15, -0.1) is 0 Å². The third kappa shape index (κ3) is 5.75. The Hall–Kier alpha value is -1.55. The van der Waals surface area contributed by atoms with Gasteiger partial charge >= 0.3 is 0 Å². The average molecular weight is 264 g/mol. The molecule has 4 heteroatoms. The molecule has 0 saturated carbocycles. The number of nitrogens with two attached hydrogens (primary N) is 1. The minimum absolute atomic E-state index is 0.0184. The molecular weight excluding hydrogens is 240 g/mol. The van der Waals surface area contributed by atoms with E-state index < -0.39 is 0 Å². The van der Waals surface area contributed by atoms with Gasteiger partial charge in [-0.05, 0) is 51.8 Å². The highest BCUT2D eigenvalue weighted by atomic mass is 16.5. The van der Waals surface area contributed by atoms with Crippen LogP contribution in [-0.4, -0.2) is 24.1 Å². The third-order valence-corrected chi connectivity index (χ3v) is 2.60. The van der Waals surface area contributed by atoms with Gasteiger partial charge in [-0.3, -0.25) is 4.79 Å². The van der Waals surface area contributed by atoms with Gasteiger partial charge < -0.3 is 15.8 Å². The largest absolute Gasteiger partial charge is 0.491 e. The van der Waals surface area contributed by atoms with Crippen LogP contribution in [0.1, 0.15) is 33.3 Å². The highest BCUT2D eigenvalue weighted by Crippen LogP contribution is 2.17. The molecule has 1 aromatic carbocycles. The summed E-state index contributed by atoms with van der Waals surface area (Å²) in [4.78, 5) is 11.3. The van der Waals surface area contributed by atoms with Crippen molar-refractivity contribution in [2.45, 2.75) is 45.8 Å². The molecule has 0 atom stereocenters. The maximum atomic E-state index is 11.3. The monoisotopic (exact) mass is 264 g/mol. The molecule has 3 N–H and O–H groups in total. The van der Waals surface area contributed by atoms with Crippen molar-refractivity contribution in [1.82, 2.24) is 5.32 Å². The molecular formula is C15H24N2O2. The van der Waals surface area contributed by atoms with Gasteiger partial charge in [0.05, 0.1) is 12.6 Å². The second-order valence-corrected chi connectivity index (χ2v) is 5.62. The Morgan fingerprint density at radius 2 is 1.89 bits per heavy atom. The topological polar surface area (TPSA) is 64.3 Å². The zero-order chi connectivity index (χ0) is 14.5. The summed E-state index contributed by atoms with van der Waals surface area (Å²) in [6.45, 7) is 7.99. The number of amides is 1. The van der Waals surface area contributed by atoms with Crippen molar-refractivity contribution in [2.24, 2.45) is 5.73 Å². The van der Waals surface area contributed by atoms with Crippen molar-refractivity contribution >= 4 is 5.91 Å². The second-order valence-electron chi connectivity index (χ2n) is 5.62. The number of carbonyl (C=O) groups is 1. The Morgan fingerprint density at radius 1 is 1.32 bits per heavy atom. The quantitative estimate of drug-likeness (QED) is 0.824. The fourth-order valence-corrected chi connectivity index (χ4v) is 1.94. The number of benzene rings is 1. The molecule has 106 valence electrons. The molecule has 1 rings (SSSR count). The summed E-state index contributed by atoms with van der Waals surface area (Å²) in [6.07, 6.45) is 0.923. The van der Waals surface area contributed by atoms with Crippen molar-refractivity contribution in [1.29, 1.82) is 0 Å². The third-order valence-electron chi connectivity index (χ3n) is 2.60. The molecule has 0 spiro atoms. The molecule has 0 aliphatic rings. The fraction of sp³-hybridized carbons (Fsp3) is 0.533. The lowest BCUT2D eigenvalue weighted by molar-refractivity contribution is -0.121. The highest BCUT2D eigenvalue weighted by molar-refractivity contribution is 5.78. The molecule has 0 aliphatic heterocycles. The SMILES string of the molecule is CC(C)Oc1ccc(CC(C)(C)NC(=O)CN)cc1. The van der Waals surface area contributed by atoms with Crippen LogP contribution in [0, 0.1) is 0 Å². The van der Waals surface area contributed by atoms with Gasteiger partial charge in [0.25, 0.3) is 0 Å². The van der Waals surface area contributed by atoms with E-state index in [1.165, 1.54) is 0 Å². The molecule has 0 aromatic heterocycles. The van der Waals surface area contributed by atoms with E-state index in [9.17, 15) is 4.79 Å². The van der Waals surface area contributed by atoms with Crippen molar-refractivity contribution in [2.75, 3.05) is 6.54 Å². The molecule has 19 heavy (non-hydrogen) atoms. The van der Waals surface area contributed by atoms with Gasteiger partial charge in [-0.1, -0.05) is 12.1 Å². The molecule has 0 unspecified atom stereocenters. The molecule has 1 aromatic rings. The van der Waals surface area contributed by atoms with E-state index in [0.29, 0.717) is 0 Å². The van der Waals surface area contributed by atoms with Gasteiger partial charge in [0.1, 0.15) is 5.75 Å². The van der Waals surface area contributed by atoms with Crippen LogP contribution in [0.5, 0.6) is 5.75 Å². The normalized spacial score (nSPS) is 11.5. The maximum Gasteiger partial charge on any atom is 0.234 e. The molecule has 0 fully saturated rings. The molecule has 1 amide bonds. The lowest BCUT2D eigenvalue weighted by Crippen LogP contribution is -2.47. The smallest absolute Gasteiger partial charge is 0.234 e. The van der Waals surface area contributed by atoms with Crippen LogP contribution in [0.4, 0.5) is 0 Å². The van der Waals surface area contributed by atoms with Crippen molar-refractivity contribution in [3.63, 3.8) is 0 Å². The van der Waals surface area contributed by atoms with E-state index in [2.05, 4.69) is 5.32 Å². The standard InChI is InChI=1S/C15H24N2O2/c1-11(2)19-13-7-5-12(6-8-13)9-15(3,4)17-14(18)10-16/h5-8,11H,9-10,16H2,1-4H3,(H,17,18). The first-order valence-corrected chi connectivity index (χ1v) is 6.59. The Kier molecular flexibility index (Phi) is 5.36. The molecule has 0 aliphatic carbocycles. The number of carbonyl (C=O) groups excluding carboxylic acids is 1. The van der Waals surface area contributed by atoms with E-state index in [1.54, 1.807) is 0 Å². The molecule has 0 bridgehead atoms. The molecule has 0 heterocycles. The first kappa shape index (κ1) is 15.5. The van der Waals surface area contributed by atoms with Crippen molar-refractivity contribution in [3.05, 3.63) is 29.8 Å². The van der Waals surface area contributed by atoms with Gasteiger partial charge in [-0.2, -0.15) is 0 Å². The number of hydrogen-bond acceptors (Lipinski definition) is 3. The average Bonchev–Trinajstić information content (AvgIpc) is 2.30. The Bertz CT molecular complexity index is 411. The summed E-state index contributed by atoms with van der Waals surface area (Å²) >= 11 is 0. The number of nitrogens with one attached hydrogen (secondary N) is 1. The van der Waals surface area contributed by atoms with Gasteiger partial charge in [-0.25, -0.2) is 0 Å². The Balaban J connectivity index is 2.64. The van der Waals surface area contributed by atoms with Crippen LogP contribution in [-0.2, 0) is 11.2 Å². The van der Waals surface area contributed by atoms with E-state index in [0.717, 1.165) is 17.7 Å². The van der Waals surface area contributed by atoms with E-state index >= 15 is 0 Å². The summed E-state index contributed by atoms with van der Waals surface area (Å²) < 4.78 is 5.59. The predicted octanol–water partition coefficient (Wildman–Crippen LogP) is 1.87. The van der Waals surface area contributed by atoms with E-state index in [4.69, 9.17) is 10.5 Å². The molecule has 0 saturated heterocycles. The van der Waals surface area contributed by atoms with Crippen LogP contribution in [0.15, 0.2) is 24.3 Å². The van der Waals surface area contributed by atoms with Crippen LogP contribution < -0.4 is 15.8 Å². The molecule has 0 radical (unpaired) electrons. The summed E-state index contributed by atoms with van der Waals surface area (Å²) in [7, 11) is 0. The highest BCUT2D eigenvalue weighted by Gasteiger charge is 2.20. The number of hydrogen-bond donors (Lipinski definition) is 2. The summed E-state index contributed by atoms with van der Waals surface area (Å²) in [6, 6.07) is 7.95. The van der Waals surface area contributed by atoms with Crippen molar-refractivity contribution in [3.8, 4) is 5.75 Å². The zero-order valence-corrected chi connectivity index (χ0v) is 12.2. The summed E-state index contributed by atoms with van der Waals surface area (Å²) in [5.41, 5.74) is 6.15. The lowest BCUT2D eigenvalue weighted by Gasteiger charge is -2.26. The Morgan fingerprint density at radius 3 is 2.37 bits per heavy atom. The zero-order valence-electron chi connectivity index (χ0n) is 12.2. The van der Waals surface area contributed by atoms with E-state index in [-0.39, 0.29) is 24.1 Å². The number of ether oxygens (including phenoxy) is 1. The Labute approximate surface area is 115 Å². The second kappa shape index (κ2) is 6.57. The first-order chi connectivity index (χ1) is 8.82. The fourth-order valence-electron chi connectivity index (χ4n) is 1.94. The van der Waals surface area contributed by atoms with Crippen LogP contribution >= 0.6 is 0 Å². The maximum absolute atomic E-state index is 11.3. The van der Waals surface area contributed by atoms with Crippen LogP contribution in [0.3, 0.4) is 0 Å². The minimum Gasteiger partial charge on any atom is -0.491 e. The summed E-state index contributed by atoms with van der Waals surface area (Å²) in [5.74, 6) is 0.729. The molecule has 4 nitrogen and oxygen atoms in total. The predicted molar refractivity (Wildman–Crippen MR) is 77.2 cm³/mol. The van der Waals surface area contributed by atoms with E-state index in [1.807, 2.05) is 52.0 Å². The van der Waals surface area contributed by atoms with Crippen LogP contribution in [0.2, 0.25) is 0 Å². The van der Waals surface area contributed by atoms with Crippen molar-refractivity contribution < 1.29 is 9.53 Å².